The van der Waals surface area contributed by atoms with Gasteiger partial charge in [0.05, 0.1) is 12.5 Å². The maximum absolute atomic E-state index is 12.4. The molecule has 2 saturated heterocycles. The number of aromatic amines is 1. The Morgan fingerprint density at radius 1 is 1.24 bits per heavy atom. The van der Waals surface area contributed by atoms with E-state index in [2.05, 4.69) is 46.5 Å². The summed E-state index contributed by atoms with van der Waals surface area (Å²) in [5.41, 5.74) is -0.982. The molecule has 1 aromatic heterocycles. The van der Waals surface area contributed by atoms with Crippen LogP contribution in [-0.2, 0) is 18.3 Å². The minimum Gasteiger partial charge on any atom is -0.391 e. The molecule has 0 saturated carbocycles. The number of rotatable bonds is 4. The molecule has 2 fully saturated rings. The molecule has 8 nitrogen and oxygen atoms in total. The number of hydrogen-bond acceptors (Lipinski definition) is 7. The summed E-state index contributed by atoms with van der Waals surface area (Å²) >= 11 is 1.54. The van der Waals surface area contributed by atoms with Gasteiger partial charge in [-0.2, -0.15) is 0 Å². The summed E-state index contributed by atoms with van der Waals surface area (Å²) in [5, 5.41) is -0.347. The standard InChI is InChI=1S/C19H32N2O6SSi/c1-18(2,3)29(19(4,5)6)25-10-12-14(27-29)15(24-11-28-7)16(26-12)21-9-8-13(22)20-17(21)23/h8-9,12,14-16H,10-11H2,1-7H3,(H,20,22,23)/t12-,14-,15-,16-/m1/s1. The molecule has 1 aromatic rings. The molecule has 0 aromatic carbocycles. The molecule has 2 aliphatic heterocycles. The summed E-state index contributed by atoms with van der Waals surface area (Å²) in [5.74, 6) is 0.440. The van der Waals surface area contributed by atoms with Crippen LogP contribution >= 0.6 is 11.8 Å². The summed E-state index contributed by atoms with van der Waals surface area (Å²) in [6, 6.07) is 1.30. The summed E-state index contributed by atoms with van der Waals surface area (Å²) in [4.78, 5) is 26.2. The van der Waals surface area contributed by atoms with Gasteiger partial charge in [-0.15, -0.1) is 11.8 Å². The molecule has 0 amide bonds. The number of hydrogen-bond donors (Lipinski definition) is 1. The van der Waals surface area contributed by atoms with Crippen molar-refractivity contribution in [2.75, 3.05) is 18.8 Å². The Morgan fingerprint density at radius 2 is 1.90 bits per heavy atom. The van der Waals surface area contributed by atoms with E-state index in [0.717, 1.165) is 0 Å². The number of H-pyrrole nitrogens is 1. The second-order valence-electron chi connectivity index (χ2n) is 9.63. The van der Waals surface area contributed by atoms with E-state index in [4.69, 9.17) is 18.3 Å². The first kappa shape index (κ1) is 22.8. The van der Waals surface area contributed by atoms with Crippen molar-refractivity contribution in [3.63, 3.8) is 0 Å². The number of thioether (sulfide) groups is 1. The monoisotopic (exact) mass is 444 g/mol. The summed E-state index contributed by atoms with van der Waals surface area (Å²) in [6.07, 6.45) is 1.49. The molecule has 0 spiro atoms. The van der Waals surface area contributed by atoms with Crippen LogP contribution < -0.4 is 11.2 Å². The van der Waals surface area contributed by atoms with Crippen molar-refractivity contribution < 1.29 is 18.3 Å². The van der Waals surface area contributed by atoms with Crippen molar-refractivity contribution in [2.45, 2.75) is 76.2 Å². The number of ether oxygens (including phenoxy) is 2. The molecule has 3 rings (SSSR count). The molecule has 2 aliphatic rings. The van der Waals surface area contributed by atoms with Gasteiger partial charge in [0, 0.05) is 22.3 Å². The van der Waals surface area contributed by atoms with Crippen LogP contribution in [0.25, 0.3) is 0 Å². The Hall–Kier alpha value is -0.913. The summed E-state index contributed by atoms with van der Waals surface area (Å²) < 4.78 is 27.0. The topological polar surface area (TPSA) is 91.8 Å². The van der Waals surface area contributed by atoms with E-state index < -0.39 is 32.1 Å². The minimum absolute atomic E-state index is 0.173. The van der Waals surface area contributed by atoms with E-state index >= 15 is 0 Å². The quantitative estimate of drug-likeness (QED) is 0.564. The van der Waals surface area contributed by atoms with Gasteiger partial charge in [0.1, 0.15) is 18.3 Å². The molecule has 0 unspecified atom stereocenters. The van der Waals surface area contributed by atoms with Crippen molar-refractivity contribution in [3.8, 4) is 0 Å². The Bertz CT molecular complexity index is 829. The van der Waals surface area contributed by atoms with Crippen molar-refractivity contribution in [1.82, 2.24) is 9.55 Å². The van der Waals surface area contributed by atoms with E-state index in [1.165, 1.54) is 16.8 Å². The van der Waals surface area contributed by atoms with E-state index in [1.54, 1.807) is 11.8 Å². The Labute approximate surface area is 176 Å². The van der Waals surface area contributed by atoms with Crippen LogP contribution in [0.2, 0.25) is 10.1 Å². The third kappa shape index (κ3) is 4.02. The smallest absolute Gasteiger partial charge is 0.349 e. The van der Waals surface area contributed by atoms with Crippen molar-refractivity contribution in [3.05, 3.63) is 33.1 Å². The molecule has 10 heteroatoms. The third-order valence-electron chi connectivity index (χ3n) is 5.52. The molecular weight excluding hydrogens is 412 g/mol. The average molecular weight is 445 g/mol. The van der Waals surface area contributed by atoms with E-state index in [9.17, 15) is 9.59 Å². The molecule has 4 atom stereocenters. The van der Waals surface area contributed by atoms with Crippen LogP contribution in [0, 0.1) is 0 Å². The van der Waals surface area contributed by atoms with Crippen LogP contribution in [0.3, 0.4) is 0 Å². The first-order valence-electron chi connectivity index (χ1n) is 9.80. The van der Waals surface area contributed by atoms with Crippen LogP contribution in [0.1, 0.15) is 47.8 Å². The fraction of sp³-hybridized carbons (Fsp3) is 0.789. The first-order valence-corrected chi connectivity index (χ1v) is 13.0. The minimum atomic E-state index is -2.72. The molecule has 1 N–H and O–H groups in total. The fourth-order valence-corrected chi connectivity index (χ4v) is 9.75. The van der Waals surface area contributed by atoms with Gasteiger partial charge in [0.25, 0.3) is 5.56 Å². The Kier molecular flexibility index (Phi) is 6.26. The molecule has 0 aliphatic carbocycles. The lowest BCUT2D eigenvalue weighted by atomic mass is 10.1. The second kappa shape index (κ2) is 7.97. The Balaban J connectivity index is 2.01. The third-order valence-corrected chi connectivity index (χ3v) is 11.0. The predicted molar refractivity (Wildman–Crippen MR) is 114 cm³/mol. The lowest BCUT2D eigenvalue weighted by Gasteiger charge is -2.53. The van der Waals surface area contributed by atoms with Crippen LogP contribution in [-0.4, -0.2) is 55.2 Å². The maximum Gasteiger partial charge on any atom is 0.349 e. The van der Waals surface area contributed by atoms with Gasteiger partial charge in [0.2, 0.25) is 0 Å². The molecule has 0 bridgehead atoms. The van der Waals surface area contributed by atoms with Gasteiger partial charge in [-0.1, -0.05) is 41.5 Å². The number of fused-ring (bicyclic) bond motifs is 1. The average Bonchev–Trinajstić information content (AvgIpc) is 2.95. The van der Waals surface area contributed by atoms with Crippen molar-refractivity contribution >= 4 is 20.3 Å². The van der Waals surface area contributed by atoms with Crippen LogP contribution in [0.5, 0.6) is 0 Å². The zero-order valence-electron chi connectivity index (χ0n) is 18.2. The number of nitrogens with zero attached hydrogens (tertiary/aromatic N) is 1. The largest absolute Gasteiger partial charge is 0.391 e. The van der Waals surface area contributed by atoms with Crippen molar-refractivity contribution in [1.29, 1.82) is 0 Å². The SMILES string of the molecule is CSCO[C@@H]1[C@@H]2O[Si](C(C)(C)C)(C(C)(C)C)OC[C@H]2O[C@H]1n1ccc(=O)[nH]c1=O. The highest BCUT2D eigenvalue weighted by Crippen LogP contribution is 2.56. The molecule has 29 heavy (non-hydrogen) atoms. The highest BCUT2D eigenvalue weighted by atomic mass is 32.2. The predicted octanol–water partition coefficient (Wildman–Crippen LogP) is 2.60. The van der Waals surface area contributed by atoms with Gasteiger partial charge in [-0.05, 0) is 6.26 Å². The summed E-state index contributed by atoms with van der Waals surface area (Å²) in [7, 11) is -2.72. The van der Waals surface area contributed by atoms with Gasteiger partial charge >= 0.3 is 14.3 Å². The number of nitrogens with one attached hydrogen (secondary N) is 1. The highest BCUT2D eigenvalue weighted by molar-refractivity contribution is 7.98. The van der Waals surface area contributed by atoms with Crippen LogP contribution in [0.4, 0.5) is 0 Å². The van der Waals surface area contributed by atoms with Gasteiger partial charge in [-0.3, -0.25) is 14.3 Å². The maximum atomic E-state index is 12.4. The fourth-order valence-electron chi connectivity index (χ4n) is 4.50. The second-order valence-corrected chi connectivity index (χ2v) is 15.2. The lowest BCUT2D eigenvalue weighted by Crippen LogP contribution is -2.65. The van der Waals surface area contributed by atoms with Crippen LogP contribution in [0.15, 0.2) is 21.9 Å². The van der Waals surface area contributed by atoms with E-state index in [-0.39, 0.29) is 22.3 Å². The van der Waals surface area contributed by atoms with E-state index in [0.29, 0.717) is 12.5 Å². The lowest BCUT2D eigenvalue weighted by molar-refractivity contribution is -0.0809. The van der Waals surface area contributed by atoms with Gasteiger partial charge in [0.15, 0.2) is 6.23 Å². The zero-order valence-corrected chi connectivity index (χ0v) is 20.0. The number of aromatic nitrogens is 2. The molecule has 164 valence electrons. The van der Waals surface area contributed by atoms with Crippen molar-refractivity contribution in [2.24, 2.45) is 0 Å². The highest BCUT2D eigenvalue weighted by Gasteiger charge is 2.65. The zero-order chi connectivity index (χ0) is 21.6. The molecule has 0 radical (unpaired) electrons. The molecular formula is C19H32N2O6SSi. The molecule has 3 heterocycles. The summed E-state index contributed by atoms with van der Waals surface area (Å²) in [6.45, 7) is 13.3. The first-order chi connectivity index (χ1) is 13.4. The van der Waals surface area contributed by atoms with Gasteiger partial charge in [-0.25, -0.2) is 4.79 Å². The normalized spacial score (nSPS) is 29.6. The van der Waals surface area contributed by atoms with E-state index in [1.807, 2.05) is 6.26 Å². The van der Waals surface area contributed by atoms with Gasteiger partial charge < -0.3 is 18.3 Å². The Morgan fingerprint density at radius 3 is 2.45 bits per heavy atom.